The molecule has 0 aliphatic heterocycles. The summed E-state index contributed by atoms with van der Waals surface area (Å²) < 4.78 is 49.4. The Bertz CT molecular complexity index is 1450. The third kappa shape index (κ3) is 4.04. The highest BCUT2D eigenvalue weighted by atomic mass is 19.4. The highest BCUT2D eigenvalue weighted by molar-refractivity contribution is 5.65. The minimum absolute atomic E-state index is 0.0494. The van der Waals surface area contributed by atoms with E-state index in [1.165, 1.54) is 0 Å². The van der Waals surface area contributed by atoms with Crippen LogP contribution in [-0.2, 0) is 25.2 Å². The number of alkyl halides is 3. The van der Waals surface area contributed by atoms with Gasteiger partial charge in [-0.25, -0.2) is 0 Å². The smallest absolute Gasteiger partial charge is 0.417 e. The zero-order chi connectivity index (χ0) is 25.0. The van der Waals surface area contributed by atoms with Crippen LogP contribution in [0.5, 0.6) is 0 Å². The summed E-state index contributed by atoms with van der Waals surface area (Å²) in [5.74, 6) is 1.56. The predicted octanol–water partition coefficient (Wildman–Crippen LogP) is 4.12. The van der Waals surface area contributed by atoms with E-state index in [1.54, 1.807) is 31.5 Å². The van der Waals surface area contributed by atoms with Gasteiger partial charge in [-0.15, -0.1) is 20.4 Å². The van der Waals surface area contributed by atoms with Gasteiger partial charge in [-0.3, -0.25) is 4.79 Å². The molecule has 0 atom stereocenters. The molecule has 3 heterocycles. The lowest BCUT2D eigenvalue weighted by atomic mass is 9.58. The van der Waals surface area contributed by atoms with Gasteiger partial charge >= 0.3 is 6.18 Å². The lowest BCUT2D eigenvalue weighted by molar-refractivity contribution is -0.138. The van der Waals surface area contributed by atoms with Gasteiger partial charge in [0.05, 0.1) is 11.0 Å². The van der Waals surface area contributed by atoms with Crippen LogP contribution in [0, 0.1) is 12.8 Å². The molecule has 8 nitrogen and oxygen atoms in total. The number of hydrogen-bond acceptors (Lipinski definition) is 6. The number of nitrogens with zero attached hydrogens (tertiary/aromatic N) is 6. The summed E-state index contributed by atoms with van der Waals surface area (Å²) in [6, 6.07) is 8.02. The quantitative estimate of drug-likeness (QED) is 0.423. The summed E-state index contributed by atoms with van der Waals surface area (Å²) in [4.78, 5) is 13.3. The van der Waals surface area contributed by atoms with Crippen LogP contribution in [-0.4, -0.2) is 29.5 Å². The van der Waals surface area contributed by atoms with Gasteiger partial charge in [0.1, 0.15) is 18.7 Å². The van der Waals surface area contributed by atoms with Crippen molar-refractivity contribution in [2.75, 3.05) is 0 Å². The van der Waals surface area contributed by atoms with Crippen LogP contribution >= 0.6 is 0 Å². The molecule has 0 radical (unpaired) electrons. The number of hydrogen-bond donors (Lipinski definition) is 0. The zero-order valence-corrected chi connectivity index (χ0v) is 19.4. The molecule has 1 fully saturated rings. The van der Waals surface area contributed by atoms with E-state index >= 15 is 0 Å². The lowest BCUT2D eigenvalue weighted by Gasteiger charge is -2.46. The fraction of sp³-hybridized carbons (Fsp3) is 0.375. The maximum Gasteiger partial charge on any atom is 0.417 e. The molecule has 0 unspecified atom stereocenters. The van der Waals surface area contributed by atoms with Gasteiger partial charge in [-0.1, -0.05) is 25.1 Å². The molecule has 1 aromatic carbocycles. The Hall–Kier alpha value is -3.76. The molecule has 0 amide bonds. The van der Waals surface area contributed by atoms with E-state index in [2.05, 4.69) is 27.3 Å². The Morgan fingerprint density at radius 1 is 1.17 bits per heavy atom. The number of aromatic nitrogens is 6. The third-order valence-corrected chi connectivity index (χ3v) is 6.55. The molecular weight excluding hydrogens is 461 g/mol. The second kappa shape index (κ2) is 8.17. The van der Waals surface area contributed by atoms with Crippen molar-refractivity contribution in [2.45, 2.75) is 44.8 Å². The molecule has 3 aromatic heterocycles. The van der Waals surface area contributed by atoms with Gasteiger partial charge in [-0.2, -0.15) is 13.2 Å². The summed E-state index contributed by atoms with van der Waals surface area (Å²) >= 11 is 0. The van der Waals surface area contributed by atoms with Gasteiger partial charge in [0.25, 0.3) is 5.56 Å². The zero-order valence-electron chi connectivity index (χ0n) is 19.4. The van der Waals surface area contributed by atoms with Gasteiger partial charge in [0, 0.05) is 25.7 Å². The first-order chi connectivity index (χ1) is 16.6. The van der Waals surface area contributed by atoms with Crippen molar-refractivity contribution >= 4 is 0 Å². The molecule has 1 saturated carbocycles. The number of pyridine rings is 1. The second-order valence-electron chi connectivity index (χ2n) is 9.23. The van der Waals surface area contributed by atoms with Crippen LogP contribution in [0.2, 0.25) is 0 Å². The van der Waals surface area contributed by atoms with E-state index < -0.39 is 22.7 Å². The highest BCUT2D eigenvalue weighted by Gasteiger charge is 2.48. The topological polar surface area (TPSA) is 91.6 Å². The Labute approximate surface area is 198 Å². The molecule has 11 heteroatoms. The summed E-state index contributed by atoms with van der Waals surface area (Å²) in [5.41, 5.74) is -0.703. The summed E-state index contributed by atoms with van der Waals surface area (Å²) in [6.07, 6.45) is -0.576. The van der Waals surface area contributed by atoms with Crippen LogP contribution in [0.25, 0.3) is 11.1 Å². The van der Waals surface area contributed by atoms with Gasteiger partial charge in [0.2, 0.25) is 11.8 Å². The van der Waals surface area contributed by atoms with Crippen LogP contribution in [0.4, 0.5) is 13.2 Å². The van der Waals surface area contributed by atoms with E-state index in [0.29, 0.717) is 11.5 Å². The molecule has 4 aromatic rings. The molecule has 0 bridgehead atoms. The monoisotopic (exact) mass is 484 g/mol. The van der Waals surface area contributed by atoms with E-state index in [9.17, 15) is 18.0 Å². The fourth-order valence-corrected chi connectivity index (χ4v) is 5.04. The minimum Gasteiger partial charge on any atom is -0.424 e. The molecule has 0 N–H and O–H groups in total. The summed E-state index contributed by atoms with van der Waals surface area (Å²) in [7, 11) is 1.87. The molecule has 5 rings (SSSR count). The average Bonchev–Trinajstić information content (AvgIpc) is 3.40. The first-order valence-electron chi connectivity index (χ1n) is 11.1. The molecule has 1 aliphatic carbocycles. The average molecular weight is 484 g/mol. The minimum atomic E-state index is -4.64. The van der Waals surface area contributed by atoms with Crippen molar-refractivity contribution in [3.63, 3.8) is 0 Å². The van der Waals surface area contributed by atoms with Crippen LogP contribution in [0.1, 0.15) is 48.5 Å². The Morgan fingerprint density at radius 3 is 2.54 bits per heavy atom. The molecule has 1 aliphatic rings. The standard InChI is InChI=1S/C24H23F3N6O2/c1-14-9-23(10-14,22-31-28-13-32(22)3)17-6-4-5-16(7-17)19-8-18(24(25,26)27)11-33(21(19)34)12-20-30-29-15(2)35-20/h4-8,11,13-14H,9-10,12H2,1-3H3. The molecule has 0 spiro atoms. The van der Waals surface area contributed by atoms with Crippen molar-refractivity contribution in [3.05, 3.63) is 81.9 Å². The van der Waals surface area contributed by atoms with Crippen molar-refractivity contribution < 1.29 is 17.6 Å². The Balaban J connectivity index is 1.63. The lowest BCUT2D eigenvalue weighted by Crippen LogP contribution is -2.43. The first-order valence-corrected chi connectivity index (χ1v) is 11.1. The Morgan fingerprint density at radius 2 is 1.94 bits per heavy atom. The molecule has 0 saturated heterocycles. The van der Waals surface area contributed by atoms with E-state index in [1.807, 2.05) is 17.7 Å². The third-order valence-electron chi connectivity index (χ3n) is 6.55. The summed E-state index contributed by atoms with van der Waals surface area (Å²) in [5, 5.41) is 15.8. The van der Waals surface area contributed by atoms with E-state index in [4.69, 9.17) is 4.42 Å². The fourth-order valence-electron chi connectivity index (χ4n) is 5.04. The maximum atomic E-state index is 13.8. The SMILES string of the molecule is Cc1nnc(Cn2cc(C(F)(F)F)cc(-c3cccc(C4(c5nncn5C)CC(C)C4)c3)c2=O)o1. The largest absolute Gasteiger partial charge is 0.424 e. The summed E-state index contributed by atoms with van der Waals surface area (Å²) in [6.45, 7) is 3.44. The number of halogens is 3. The predicted molar refractivity (Wildman–Crippen MR) is 119 cm³/mol. The van der Waals surface area contributed by atoms with Crippen molar-refractivity contribution in [1.82, 2.24) is 29.5 Å². The molecule has 182 valence electrons. The van der Waals surface area contributed by atoms with Crippen LogP contribution in [0.3, 0.4) is 0 Å². The van der Waals surface area contributed by atoms with Crippen molar-refractivity contribution in [3.8, 4) is 11.1 Å². The number of rotatable bonds is 5. The van der Waals surface area contributed by atoms with E-state index in [0.717, 1.165) is 41.1 Å². The molecule has 35 heavy (non-hydrogen) atoms. The normalized spacial score (nSPS) is 20.1. The first kappa shape index (κ1) is 23.0. The van der Waals surface area contributed by atoms with E-state index in [-0.39, 0.29) is 23.9 Å². The maximum absolute atomic E-state index is 13.8. The van der Waals surface area contributed by atoms with Gasteiger partial charge in [0.15, 0.2) is 0 Å². The molecular formula is C24H23F3N6O2. The van der Waals surface area contributed by atoms with Gasteiger partial charge < -0.3 is 13.6 Å². The van der Waals surface area contributed by atoms with Crippen LogP contribution < -0.4 is 5.56 Å². The second-order valence-corrected chi connectivity index (χ2v) is 9.23. The number of aryl methyl sites for hydroxylation is 2. The number of benzene rings is 1. The van der Waals surface area contributed by atoms with Gasteiger partial charge in [-0.05, 0) is 42.0 Å². The highest BCUT2D eigenvalue weighted by Crippen LogP contribution is 2.51. The Kier molecular flexibility index (Phi) is 5.37. The van der Waals surface area contributed by atoms with Crippen LogP contribution in [0.15, 0.2) is 52.1 Å². The van der Waals surface area contributed by atoms with Crippen molar-refractivity contribution in [1.29, 1.82) is 0 Å². The van der Waals surface area contributed by atoms with Crippen molar-refractivity contribution in [2.24, 2.45) is 13.0 Å².